The number of halogens is 1. The molecule has 0 saturated heterocycles. The SMILES string of the molecule is Cl.NCCNC(=O)Nc1ccc([N+](=O)[O-])cc1. The van der Waals surface area contributed by atoms with Crippen molar-refractivity contribution < 1.29 is 9.72 Å². The zero-order valence-electron chi connectivity index (χ0n) is 8.88. The number of carbonyl (C=O) groups is 1. The first-order valence-corrected chi connectivity index (χ1v) is 4.63. The van der Waals surface area contributed by atoms with Crippen molar-refractivity contribution in [3.63, 3.8) is 0 Å². The Morgan fingerprint density at radius 1 is 1.35 bits per heavy atom. The highest BCUT2D eigenvalue weighted by Gasteiger charge is 2.05. The summed E-state index contributed by atoms with van der Waals surface area (Å²) in [5, 5.41) is 15.4. The van der Waals surface area contributed by atoms with Crippen LogP contribution in [0.1, 0.15) is 0 Å². The van der Waals surface area contributed by atoms with Crippen LogP contribution in [0, 0.1) is 10.1 Å². The monoisotopic (exact) mass is 260 g/mol. The number of nitrogens with one attached hydrogen (secondary N) is 2. The minimum atomic E-state index is -0.502. The van der Waals surface area contributed by atoms with E-state index < -0.39 is 4.92 Å². The van der Waals surface area contributed by atoms with Gasteiger partial charge in [0.25, 0.3) is 5.69 Å². The molecule has 1 aromatic rings. The first kappa shape index (κ1) is 15.1. The number of nitrogens with zero attached hydrogens (tertiary/aromatic N) is 1. The summed E-state index contributed by atoms with van der Waals surface area (Å²) in [6.45, 7) is 0.729. The van der Waals surface area contributed by atoms with Gasteiger partial charge in [-0.3, -0.25) is 10.1 Å². The summed E-state index contributed by atoms with van der Waals surface area (Å²) in [7, 11) is 0. The van der Waals surface area contributed by atoms with E-state index in [2.05, 4.69) is 10.6 Å². The molecule has 1 rings (SSSR count). The van der Waals surface area contributed by atoms with Gasteiger partial charge in [-0.05, 0) is 12.1 Å². The summed E-state index contributed by atoms with van der Waals surface area (Å²) in [6.07, 6.45) is 0. The van der Waals surface area contributed by atoms with Gasteiger partial charge in [0.05, 0.1) is 4.92 Å². The Kier molecular flexibility index (Phi) is 6.61. The summed E-state index contributed by atoms with van der Waals surface area (Å²) in [5.41, 5.74) is 5.67. The van der Waals surface area contributed by atoms with E-state index in [0.29, 0.717) is 18.8 Å². The topological polar surface area (TPSA) is 110 Å². The number of nitro groups is 1. The Labute approximate surface area is 104 Å². The molecule has 0 aliphatic rings. The van der Waals surface area contributed by atoms with Gasteiger partial charge in [-0.15, -0.1) is 12.4 Å². The minimum absolute atomic E-state index is 0. The van der Waals surface area contributed by atoms with Crippen LogP contribution in [0.3, 0.4) is 0 Å². The Hall–Kier alpha value is -1.86. The third-order valence-electron chi connectivity index (χ3n) is 1.77. The highest BCUT2D eigenvalue weighted by Crippen LogP contribution is 2.14. The van der Waals surface area contributed by atoms with Crippen LogP contribution in [0.25, 0.3) is 0 Å². The van der Waals surface area contributed by atoms with Crippen LogP contribution in [-0.4, -0.2) is 24.0 Å². The Bertz CT molecular complexity index is 382. The maximum Gasteiger partial charge on any atom is 0.319 e. The molecule has 0 aromatic heterocycles. The largest absolute Gasteiger partial charge is 0.337 e. The predicted molar refractivity (Wildman–Crippen MR) is 66.4 cm³/mol. The molecular weight excluding hydrogens is 248 g/mol. The van der Waals surface area contributed by atoms with Crippen molar-refractivity contribution in [3.8, 4) is 0 Å². The first-order chi connectivity index (χ1) is 7.63. The zero-order valence-corrected chi connectivity index (χ0v) is 9.70. The molecule has 0 spiro atoms. The van der Waals surface area contributed by atoms with E-state index in [1.54, 1.807) is 0 Å². The highest BCUT2D eigenvalue weighted by atomic mass is 35.5. The molecule has 1 aromatic carbocycles. The van der Waals surface area contributed by atoms with E-state index in [1.165, 1.54) is 24.3 Å². The normalized spacial score (nSPS) is 9.00. The molecule has 7 nitrogen and oxygen atoms in total. The third kappa shape index (κ3) is 5.14. The van der Waals surface area contributed by atoms with Crippen molar-refractivity contribution in [3.05, 3.63) is 34.4 Å². The van der Waals surface area contributed by atoms with Gasteiger partial charge < -0.3 is 16.4 Å². The molecule has 8 heteroatoms. The van der Waals surface area contributed by atoms with Crippen molar-refractivity contribution >= 4 is 29.8 Å². The quantitative estimate of drug-likeness (QED) is 0.556. The first-order valence-electron chi connectivity index (χ1n) is 4.63. The smallest absolute Gasteiger partial charge is 0.319 e. The number of nitrogens with two attached hydrogens (primary N) is 1. The number of non-ortho nitro benzene ring substituents is 1. The van der Waals surface area contributed by atoms with Crippen LogP contribution < -0.4 is 16.4 Å². The lowest BCUT2D eigenvalue weighted by molar-refractivity contribution is -0.384. The fourth-order valence-electron chi connectivity index (χ4n) is 1.03. The van der Waals surface area contributed by atoms with E-state index in [1.807, 2.05) is 0 Å². The average molecular weight is 261 g/mol. The van der Waals surface area contributed by atoms with Crippen LogP contribution in [0.4, 0.5) is 16.2 Å². The van der Waals surface area contributed by atoms with Crippen molar-refractivity contribution in [1.82, 2.24) is 5.32 Å². The van der Waals surface area contributed by atoms with Gasteiger partial charge in [0.15, 0.2) is 0 Å². The van der Waals surface area contributed by atoms with Crippen LogP contribution in [0.2, 0.25) is 0 Å². The summed E-state index contributed by atoms with van der Waals surface area (Å²) in [6, 6.07) is 5.16. The van der Waals surface area contributed by atoms with Crippen molar-refractivity contribution in [2.45, 2.75) is 0 Å². The van der Waals surface area contributed by atoms with Gasteiger partial charge >= 0.3 is 6.03 Å². The fraction of sp³-hybridized carbons (Fsp3) is 0.222. The lowest BCUT2D eigenvalue weighted by atomic mass is 10.3. The second-order valence-electron chi connectivity index (χ2n) is 2.97. The van der Waals surface area contributed by atoms with Gasteiger partial charge in [-0.2, -0.15) is 0 Å². The average Bonchev–Trinajstić information content (AvgIpc) is 2.27. The molecular formula is C9H13ClN4O3. The molecule has 4 N–H and O–H groups in total. The number of anilines is 1. The molecule has 94 valence electrons. The van der Waals surface area contributed by atoms with Crippen LogP contribution in [0.15, 0.2) is 24.3 Å². The van der Waals surface area contributed by atoms with Crippen molar-refractivity contribution in [1.29, 1.82) is 0 Å². The van der Waals surface area contributed by atoms with Gasteiger partial charge in [0, 0.05) is 30.9 Å². The summed E-state index contributed by atoms with van der Waals surface area (Å²) < 4.78 is 0. The number of nitro benzene ring substituents is 1. The van der Waals surface area contributed by atoms with Crippen LogP contribution in [0.5, 0.6) is 0 Å². The van der Waals surface area contributed by atoms with Crippen LogP contribution >= 0.6 is 12.4 Å². The van der Waals surface area contributed by atoms with Crippen LogP contribution in [-0.2, 0) is 0 Å². The lowest BCUT2D eigenvalue weighted by Gasteiger charge is -2.05. The maximum atomic E-state index is 11.2. The summed E-state index contributed by atoms with van der Waals surface area (Å²) in [4.78, 5) is 21.0. The number of urea groups is 1. The second-order valence-corrected chi connectivity index (χ2v) is 2.97. The molecule has 0 heterocycles. The zero-order chi connectivity index (χ0) is 12.0. The molecule has 17 heavy (non-hydrogen) atoms. The molecule has 0 fully saturated rings. The summed E-state index contributed by atoms with van der Waals surface area (Å²) >= 11 is 0. The molecule has 2 amide bonds. The second kappa shape index (κ2) is 7.42. The molecule has 0 unspecified atom stereocenters. The molecule has 0 saturated carbocycles. The molecule has 0 radical (unpaired) electrons. The van der Waals surface area contributed by atoms with Gasteiger partial charge in [-0.25, -0.2) is 4.79 Å². The van der Waals surface area contributed by atoms with Gasteiger partial charge in [-0.1, -0.05) is 0 Å². The Morgan fingerprint density at radius 3 is 2.41 bits per heavy atom. The predicted octanol–water partition coefficient (Wildman–Crippen LogP) is 1.10. The third-order valence-corrected chi connectivity index (χ3v) is 1.77. The lowest BCUT2D eigenvalue weighted by Crippen LogP contribution is -2.32. The summed E-state index contributed by atoms with van der Waals surface area (Å²) in [5.74, 6) is 0. The molecule has 0 aliphatic heterocycles. The number of benzene rings is 1. The number of hydrogen-bond donors (Lipinski definition) is 3. The highest BCUT2D eigenvalue weighted by molar-refractivity contribution is 5.89. The standard InChI is InChI=1S/C9H12N4O3.ClH/c10-5-6-11-9(14)12-7-1-3-8(4-2-7)13(15)16;/h1-4H,5-6,10H2,(H2,11,12,14);1H. The van der Waals surface area contributed by atoms with E-state index in [0.717, 1.165) is 0 Å². The molecule has 0 bridgehead atoms. The van der Waals surface area contributed by atoms with Gasteiger partial charge in [0.2, 0.25) is 0 Å². The molecule has 0 atom stereocenters. The number of rotatable bonds is 4. The number of amides is 2. The van der Waals surface area contributed by atoms with Crippen molar-refractivity contribution in [2.24, 2.45) is 5.73 Å². The number of carbonyl (C=O) groups excluding carboxylic acids is 1. The van der Waals surface area contributed by atoms with Crippen molar-refractivity contribution in [2.75, 3.05) is 18.4 Å². The number of hydrogen-bond acceptors (Lipinski definition) is 4. The van der Waals surface area contributed by atoms with E-state index >= 15 is 0 Å². The Balaban J connectivity index is 0.00000256. The Morgan fingerprint density at radius 2 is 1.94 bits per heavy atom. The minimum Gasteiger partial charge on any atom is -0.337 e. The fourth-order valence-corrected chi connectivity index (χ4v) is 1.03. The van der Waals surface area contributed by atoms with E-state index in [4.69, 9.17) is 5.73 Å². The maximum absolute atomic E-state index is 11.2. The van der Waals surface area contributed by atoms with E-state index in [-0.39, 0.29) is 24.1 Å². The van der Waals surface area contributed by atoms with Gasteiger partial charge in [0.1, 0.15) is 0 Å². The molecule has 0 aliphatic carbocycles. The van der Waals surface area contributed by atoms with E-state index in [9.17, 15) is 14.9 Å².